The lowest BCUT2D eigenvalue weighted by Crippen LogP contribution is -2.08. The molecule has 0 unspecified atom stereocenters. The molecule has 2 heterocycles. The molecule has 0 aliphatic carbocycles. The third-order valence-electron chi connectivity index (χ3n) is 3.34. The van der Waals surface area contributed by atoms with Crippen LogP contribution in [0.3, 0.4) is 0 Å². The lowest BCUT2D eigenvalue weighted by atomic mass is 10.0. The van der Waals surface area contributed by atoms with Gasteiger partial charge in [-0.15, -0.1) is 0 Å². The van der Waals surface area contributed by atoms with Gasteiger partial charge in [0.1, 0.15) is 5.52 Å². The summed E-state index contributed by atoms with van der Waals surface area (Å²) in [4.78, 5) is 4.13. The minimum Gasteiger partial charge on any atom is -0.443 e. The molecular weight excluding hydrogens is 240 g/mol. The number of nitrogens with zero attached hydrogens (tertiary/aromatic N) is 3. The average Bonchev–Trinajstić information content (AvgIpc) is 2.94. The van der Waals surface area contributed by atoms with Gasteiger partial charge in [-0.2, -0.15) is 5.10 Å². The number of hydrogen-bond acceptors (Lipinski definition) is 4. The van der Waals surface area contributed by atoms with E-state index in [1.54, 1.807) is 0 Å². The molecule has 0 atom stereocenters. The summed E-state index contributed by atoms with van der Waals surface area (Å²) >= 11 is 0. The lowest BCUT2D eigenvalue weighted by Gasteiger charge is -2.05. The van der Waals surface area contributed by atoms with Crippen molar-refractivity contribution in [2.75, 3.05) is 6.54 Å². The third-order valence-corrected chi connectivity index (χ3v) is 3.34. The van der Waals surface area contributed by atoms with Crippen LogP contribution < -0.4 is 5.73 Å². The van der Waals surface area contributed by atoms with Gasteiger partial charge in [-0.3, -0.25) is 4.68 Å². The number of aromatic nitrogens is 3. The van der Waals surface area contributed by atoms with Crippen LogP contribution >= 0.6 is 0 Å². The minimum absolute atomic E-state index is 0.608. The number of hydrogen-bond donors (Lipinski definition) is 1. The average molecular weight is 256 g/mol. The Hall–Kier alpha value is -2.14. The first-order valence-corrected chi connectivity index (χ1v) is 6.27. The van der Waals surface area contributed by atoms with E-state index in [1.165, 1.54) is 6.39 Å². The van der Waals surface area contributed by atoms with Gasteiger partial charge in [0.25, 0.3) is 0 Å². The van der Waals surface area contributed by atoms with E-state index < -0.39 is 0 Å². The van der Waals surface area contributed by atoms with Crippen molar-refractivity contribution in [1.29, 1.82) is 0 Å². The molecule has 2 N–H and O–H groups in total. The molecule has 5 heteroatoms. The van der Waals surface area contributed by atoms with Gasteiger partial charge in [-0.25, -0.2) is 4.98 Å². The van der Waals surface area contributed by atoms with Crippen molar-refractivity contribution in [3.05, 3.63) is 36.0 Å². The lowest BCUT2D eigenvalue weighted by molar-refractivity contribution is 0.602. The predicted octanol–water partition coefficient (Wildman–Crippen LogP) is 2.04. The van der Waals surface area contributed by atoms with Gasteiger partial charge in [0, 0.05) is 24.7 Å². The molecule has 0 bridgehead atoms. The van der Waals surface area contributed by atoms with Crippen molar-refractivity contribution < 1.29 is 4.42 Å². The Morgan fingerprint density at radius 2 is 2.21 bits per heavy atom. The topological polar surface area (TPSA) is 69.9 Å². The van der Waals surface area contributed by atoms with Crippen LogP contribution in [0.1, 0.15) is 11.4 Å². The van der Waals surface area contributed by atoms with Gasteiger partial charge in [0.15, 0.2) is 12.0 Å². The Labute approximate surface area is 111 Å². The molecule has 5 nitrogen and oxygen atoms in total. The van der Waals surface area contributed by atoms with Crippen molar-refractivity contribution in [3.8, 4) is 11.1 Å². The van der Waals surface area contributed by atoms with Crippen LogP contribution in [0.2, 0.25) is 0 Å². The molecule has 0 aliphatic rings. The highest BCUT2D eigenvalue weighted by atomic mass is 16.3. The van der Waals surface area contributed by atoms with Crippen LogP contribution in [-0.2, 0) is 13.5 Å². The van der Waals surface area contributed by atoms with Gasteiger partial charge >= 0.3 is 0 Å². The smallest absolute Gasteiger partial charge is 0.181 e. The summed E-state index contributed by atoms with van der Waals surface area (Å²) in [5.41, 5.74) is 11.7. The zero-order valence-electron chi connectivity index (χ0n) is 11.1. The first kappa shape index (κ1) is 11.9. The molecule has 3 aromatic rings. The van der Waals surface area contributed by atoms with Crippen LogP contribution in [0.25, 0.3) is 22.2 Å². The second-order valence-corrected chi connectivity index (χ2v) is 4.60. The normalized spacial score (nSPS) is 11.3. The molecule has 0 aliphatic heterocycles. The van der Waals surface area contributed by atoms with Gasteiger partial charge in [-0.1, -0.05) is 6.07 Å². The maximum Gasteiger partial charge on any atom is 0.181 e. The van der Waals surface area contributed by atoms with Crippen molar-refractivity contribution >= 4 is 11.1 Å². The van der Waals surface area contributed by atoms with E-state index in [4.69, 9.17) is 10.2 Å². The molecule has 0 amide bonds. The molecule has 0 saturated carbocycles. The summed E-state index contributed by atoms with van der Waals surface area (Å²) in [6.07, 6.45) is 2.27. The van der Waals surface area contributed by atoms with E-state index in [1.807, 2.05) is 30.8 Å². The fourth-order valence-corrected chi connectivity index (χ4v) is 2.52. The minimum atomic E-state index is 0.608. The highest BCUT2D eigenvalue weighted by Gasteiger charge is 2.15. The standard InChI is InChI=1S/C14H16N4O/c1-9-14(12(5-6-15)18(2)17-9)10-3-4-11-13(7-10)19-8-16-11/h3-4,7-8H,5-6,15H2,1-2H3. The zero-order valence-corrected chi connectivity index (χ0v) is 11.1. The number of fused-ring (bicyclic) bond motifs is 1. The summed E-state index contributed by atoms with van der Waals surface area (Å²) < 4.78 is 7.27. The van der Waals surface area contributed by atoms with E-state index in [9.17, 15) is 0 Å². The van der Waals surface area contributed by atoms with E-state index in [2.05, 4.69) is 16.1 Å². The SMILES string of the molecule is Cc1nn(C)c(CCN)c1-c1ccc2ncoc2c1. The largest absolute Gasteiger partial charge is 0.443 e. The van der Waals surface area contributed by atoms with Gasteiger partial charge < -0.3 is 10.2 Å². The number of rotatable bonds is 3. The van der Waals surface area contributed by atoms with Crippen LogP contribution in [-0.4, -0.2) is 21.3 Å². The summed E-state index contributed by atoms with van der Waals surface area (Å²) in [5, 5.41) is 4.49. The molecule has 2 aromatic heterocycles. The molecule has 98 valence electrons. The van der Waals surface area contributed by atoms with E-state index in [-0.39, 0.29) is 0 Å². The molecule has 19 heavy (non-hydrogen) atoms. The van der Waals surface area contributed by atoms with E-state index in [0.717, 1.165) is 40.0 Å². The van der Waals surface area contributed by atoms with Gasteiger partial charge in [0.2, 0.25) is 0 Å². The Bertz CT molecular complexity index is 726. The van der Waals surface area contributed by atoms with E-state index >= 15 is 0 Å². The monoisotopic (exact) mass is 256 g/mol. The van der Waals surface area contributed by atoms with Crippen molar-refractivity contribution in [2.45, 2.75) is 13.3 Å². The Balaban J connectivity index is 2.19. The summed E-state index contributed by atoms with van der Waals surface area (Å²) in [5.74, 6) is 0. The first-order chi connectivity index (χ1) is 9.20. The van der Waals surface area contributed by atoms with Gasteiger partial charge in [-0.05, 0) is 31.2 Å². The maximum absolute atomic E-state index is 5.69. The number of aryl methyl sites for hydroxylation is 2. The molecule has 1 aromatic carbocycles. The Morgan fingerprint density at radius 1 is 1.37 bits per heavy atom. The second-order valence-electron chi connectivity index (χ2n) is 4.60. The van der Waals surface area contributed by atoms with Crippen molar-refractivity contribution in [1.82, 2.24) is 14.8 Å². The highest BCUT2D eigenvalue weighted by Crippen LogP contribution is 2.29. The molecule has 0 spiro atoms. The van der Waals surface area contributed by atoms with Crippen molar-refractivity contribution in [3.63, 3.8) is 0 Å². The predicted molar refractivity (Wildman–Crippen MR) is 73.7 cm³/mol. The summed E-state index contributed by atoms with van der Waals surface area (Å²) in [6, 6.07) is 6.02. The quantitative estimate of drug-likeness (QED) is 0.778. The third kappa shape index (κ3) is 1.92. The van der Waals surface area contributed by atoms with Crippen LogP contribution in [0.5, 0.6) is 0 Å². The molecular formula is C14H16N4O. The Kier molecular flexibility index (Phi) is 2.83. The van der Waals surface area contributed by atoms with Crippen LogP contribution in [0.4, 0.5) is 0 Å². The Morgan fingerprint density at radius 3 is 3.00 bits per heavy atom. The van der Waals surface area contributed by atoms with Crippen LogP contribution in [0.15, 0.2) is 29.0 Å². The molecule has 0 fully saturated rings. The zero-order chi connectivity index (χ0) is 13.4. The van der Waals surface area contributed by atoms with Crippen LogP contribution in [0, 0.1) is 6.92 Å². The van der Waals surface area contributed by atoms with E-state index in [0.29, 0.717) is 6.54 Å². The highest BCUT2D eigenvalue weighted by molar-refractivity contribution is 5.81. The second kappa shape index (κ2) is 4.51. The fourth-order valence-electron chi connectivity index (χ4n) is 2.52. The molecule has 3 rings (SSSR count). The van der Waals surface area contributed by atoms with Crippen molar-refractivity contribution in [2.24, 2.45) is 12.8 Å². The maximum atomic E-state index is 5.69. The summed E-state index contributed by atoms with van der Waals surface area (Å²) in [6.45, 7) is 2.62. The molecule has 0 saturated heterocycles. The first-order valence-electron chi connectivity index (χ1n) is 6.27. The molecule has 0 radical (unpaired) electrons. The van der Waals surface area contributed by atoms with Gasteiger partial charge in [0.05, 0.1) is 5.69 Å². The number of benzene rings is 1. The summed E-state index contributed by atoms with van der Waals surface area (Å²) in [7, 11) is 1.95. The number of oxazole rings is 1. The number of nitrogens with two attached hydrogens (primary N) is 1. The fraction of sp³-hybridized carbons (Fsp3) is 0.286.